The molecule has 0 spiro atoms. The van der Waals surface area contributed by atoms with Crippen LogP contribution < -0.4 is 11.0 Å². The third-order valence-electron chi connectivity index (χ3n) is 5.13. The van der Waals surface area contributed by atoms with Gasteiger partial charge in [0.05, 0.1) is 22.9 Å². The molecule has 3 aromatic rings. The van der Waals surface area contributed by atoms with Crippen LogP contribution in [0, 0.1) is 5.92 Å². The fourth-order valence-electron chi connectivity index (χ4n) is 3.77. The Bertz CT molecular complexity index is 1040. The largest absolute Gasteiger partial charge is 0.326 e. The number of nitrogens with zero attached hydrogens (tertiary/aromatic N) is 2. The zero-order valence-electron chi connectivity index (χ0n) is 14.4. The number of H-pyrrole nitrogens is 1. The van der Waals surface area contributed by atoms with Crippen LogP contribution in [0.3, 0.4) is 0 Å². The second-order valence-electron chi connectivity index (χ2n) is 6.80. The van der Waals surface area contributed by atoms with Gasteiger partial charge in [-0.2, -0.15) is 0 Å². The van der Waals surface area contributed by atoms with Gasteiger partial charge >= 0.3 is 5.69 Å². The molecule has 27 heavy (non-hydrogen) atoms. The van der Waals surface area contributed by atoms with Crippen LogP contribution in [0.4, 0.5) is 5.69 Å². The molecule has 140 valence electrons. The molecule has 2 heterocycles. The zero-order chi connectivity index (χ0) is 19.0. The maximum Gasteiger partial charge on any atom is 0.326 e. The molecule has 2 aromatic heterocycles. The highest BCUT2D eigenvalue weighted by molar-refractivity contribution is 9.10. The number of hydrogen-bond acceptors (Lipinski definition) is 3. The number of fused-ring (bicyclic) bond motifs is 1. The Labute approximate surface area is 169 Å². The van der Waals surface area contributed by atoms with Crippen molar-refractivity contribution < 1.29 is 4.79 Å². The average Bonchev–Trinajstić information content (AvgIpc) is 3.01. The minimum absolute atomic E-state index is 0.00779. The third-order valence-corrected chi connectivity index (χ3v) is 6.01. The van der Waals surface area contributed by atoms with Gasteiger partial charge in [-0.15, -0.1) is 0 Å². The molecule has 1 amide bonds. The van der Waals surface area contributed by atoms with Crippen LogP contribution in [-0.4, -0.2) is 20.4 Å². The first-order valence-corrected chi connectivity index (χ1v) is 10.0. The summed E-state index contributed by atoms with van der Waals surface area (Å²) in [5.74, 6) is -0.0730. The lowest BCUT2D eigenvalue weighted by Gasteiger charge is -2.28. The predicted octanol–water partition coefficient (Wildman–Crippen LogP) is 4.51. The number of aromatic amines is 1. The van der Waals surface area contributed by atoms with Gasteiger partial charge in [0.15, 0.2) is 0 Å². The number of halogens is 2. The van der Waals surface area contributed by atoms with E-state index < -0.39 is 0 Å². The molecule has 8 heteroatoms. The van der Waals surface area contributed by atoms with Crippen molar-refractivity contribution in [2.24, 2.45) is 5.92 Å². The maximum atomic E-state index is 12.5. The number of rotatable bonds is 3. The van der Waals surface area contributed by atoms with Gasteiger partial charge in [0, 0.05) is 16.4 Å². The van der Waals surface area contributed by atoms with Gasteiger partial charge in [0.2, 0.25) is 5.91 Å². The standard InChI is InChI=1S/C19H18BrClN4O2/c20-14-2-1-3-15-17(14)24-19(27)25(15)13-7-4-11(5-8-13)18(26)23-12-6-9-16(21)22-10-12/h1-3,6,9-11,13H,4-5,7-8H2,(H,23,26)(H,24,27). The molecule has 1 aromatic carbocycles. The van der Waals surface area contributed by atoms with E-state index in [4.69, 9.17) is 11.6 Å². The first-order chi connectivity index (χ1) is 13.0. The van der Waals surface area contributed by atoms with Crippen LogP contribution in [0.25, 0.3) is 11.0 Å². The van der Waals surface area contributed by atoms with Gasteiger partial charge in [-0.25, -0.2) is 9.78 Å². The van der Waals surface area contributed by atoms with E-state index in [0.717, 1.165) is 41.2 Å². The summed E-state index contributed by atoms with van der Waals surface area (Å²) in [6.45, 7) is 0. The van der Waals surface area contributed by atoms with E-state index in [1.165, 1.54) is 0 Å². The van der Waals surface area contributed by atoms with E-state index in [-0.39, 0.29) is 23.6 Å². The fourth-order valence-corrected chi connectivity index (χ4v) is 4.33. The molecule has 4 rings (SSSR count). The Balaban J connectivity index is 1.45. The lowest BCUT2D eigenvalue weighted by atomic mass is 9.85. The molecular weight excluding hydrogens is 432 g/mol. The molecule has 0 aliphatic heterocycles. The molecule has 0 bridgehead atoms. The Morgan fingerprint density at radius 2 is 2.00 bits per heavy atom. The molecule has 0 radical (unpaired) electrons. The predicted molar refractivity (Wildman–Crippen MR) is 109 cm³/mol. The summed E-state index contributed by atoms with van der Waals surface area (Å²) in [5.41, 5.74) is 2.26. The molecular formula is C19H18BrClN4O2. The highest BCUT2D eigenvalue weighted by atomic mass is 79.9. The molecule has 2 N–H and O–H groups in total. The van der Waals surface area contributed by atoms with Gasteiger partial charge < -0.3 is 10.3 Å². The van der Waals surface area contributed by atoms with Gasteiger partial charge in [0.25, 0.3) is 0 Å². The van der Waals surface area contributed by atoms with E-state index >= 15 is 0 Å². The average molecular weight is 450 g/mol. The Morgan fingerprint density at radius 1 is 1.22 bits per heavy atom. The summed E-state index contributed by atoms with van der Waals surface area (Å²) in [4.78, 5) is 31.9. The van der Waals surface area contributed by atoms with Gasteiger partial charge in [-0.1, -0.05) is 17.7 Å². The maximum absolute atomic E-state index is 12.5. The van der Waals surface area contributed by atoms with Crippen LogP contribution >= 0.6 is 27.5 Å². The molecule has 1 aliphatic carbocycles. The monoisotopic (exact) mass is 448 g/mol. The van der Waals surface area contributed by atoms with Crippen molar-refractivity contribution in [3.8, 4) is 0 Å². The Morgan fingerprint density at radius 3 is 2.70 bits per heavy atom. The number of imidazole rings is 1. The third kappa shape index (κ3) is 3.66. The van der Waals surface area contributed by atoms with Crippen molar-refractivity contribution in [2.75, 3.05) is 5.32 Å². The van der Waals surface area contributed by atoms with Crippen molar-refractivity contribution in [3.05, 3.63) is 56.6 Å². The first kappa shape index (κ1) is 18.3. The number of para-hydroxylation sites is 1. The van der Waals surface area contributed by atoms with Crippen LogP contribution in [-0.2, 0) is 4.79 Å². The second-order valence-corrected chi connectivity index (χ2v) is 8.04. The highest BCUT2D eigenvalue weighted by Crippen LogP contribution is 2.34. The zero-order valence-corrected chi connectivity index (χ0v) is 16.8. The van der Waals surface area contributed by atoms with Crippen LogP contribution in [0.15, 0.2) is 45.8 Å². The van der Waals surface area contributed by atoms with E-state index in [2.05, 4.69) is 31.2 Å². The van der Waals surface area contributed by atoms with E-state index in [1.807, 2.05) is 22.8 Å². The van der Waals surface area contributed by atoms with E-state index in [9.17, 15) is 9.59 Å². The van der Waals surface area contributed by atoms with Crippen LogP contribution in [0.1, 0.15) is 31.7 Å². The Hall–Kier alpha value is -2.12. The number of pyridine rings is 1. The number of aromatic nitrogens is 3. The molecule has 0 unspecified atom stereocenters. The van der Waals surface area contributed by atoms with Crippen LogP contribution in [0.2, 0.25) is 5.15 Å². The van der Waals surface area contributed by atoms with Crippen molar-refractivity contribution in [2.45, 2.75) is 31.7 Å². The summed E-state index contributed by atoms with van der Waals surface area (Å²) in [6, 6.07) is 9.27. The second kappa shape index (κ2) is 7.48. The topological polar surface area (TPSA) is 79.8 Å². The van der Waals surface area contributed by atoms with Crippen molar-refractivity contribution >= 4 is 50.2 Å². The number of nitrogens with one attached hydrogen (secondary N) is 2. The van der Waals surface area contributed by atoms with Crippen molar-refractivity contribution in [3.63, 3.8) is 0 Å². The quantitative estimate of drug-likeness (QED) is 0.577. The number of hydrogen-bond donors (Lipinski definition) is 2. The van der Waals surface area contributed by atoms with Crippen molar-refractivity contribution in [1.29, 1.82) is 0 Å². The van der Waals surface area contributed by atoms with Gasteiger partial charge in [-0.3, -0.25) is 9.36 Å². The van der Waals surface area contributed by atoms with E-state index in [0.29, 0.717) is 10.8 Å². The molecule has 1 saturated carbocycles. The highest BCUT2D eigenvalue weighted by Gasteiger charge is 2.29. The summed E-state index contributed by atoms with van der Waals surface area (Å²) < 4.78 is 2.71. The van der Waals surface area contributed by atoms with E-state index in [1.54, 1.807) is 18.3 Å². The summed E-state index contributed by atoms with van der Waals surface area (Å²) in [5, 5.41) is 3.29. The number of anilines is 1. The van der Waals surface area contributed by atoms with Crippen LogP contribution in [0.5, 0.6) is 0 Å². The molecule has 1 aliphatic rings. The number of amides is 1. The number of carbonyl (C=O) groups excluding carboxylic acids is 1. The minimum atomic E-state index is -0.1000. The summed E-state index contributed by atoms with van der Waals surface area (Å²) in [7, 11) is 0. The van der Waals surface area contributed by atoms with Crippen molar-refractivity contribution in [1.82, 2.24) is 14.5 Å². The first-order valence-electron chi connectivity index (χ1n) is 8.84. The number of carbonyl (C=O) groups is 1. The molecule has 6 nitrogen and oxygen atoms in total. The molecule has 0 atom stereocenters. The lowest BCUT2D eigenvalue weighted by molar-refractivity contribution is -0.121. The SMILES string of the molecule is O=C(Nc1ccc(Cl)nc1)C1CCC(n2c(=O)[nH]c3c(Br)cccc32)CC1. The smallest absolute Gasteiger partial charge is 0.324 e. The minimum Gasteiger partial charge on any atom is -0.324 e. The number of benzene rings is 1. The van der Waals surface area contributed by atoms with Gasteiger partial charge in [-0.05, 0) is 65.9 Å². The fraction of sp³-hybridized carbons (Fsp3) is 0.316. The summed E-state index contributed by atoms with van der Waals surface area (Å²) >= 11 is 9.25. The summed E-state index contributed by atoms with van der Waals surface area (Å²) in [6.07, 6.45) is 4.61. The molecule has 0 saturated heterocycles. The van der Waals surface area contributed by atoms with Gasteiger partial charge in [0.1, 0.15) is 5.15 Å². The lowest BCUT2D eigenvalue weighted by Crippen LogP contribution is -2.31. The Kier molecular flexibility index (Phi) is 5.06. The molecule has 1 fully saturated rings. The normalized spacial score (nSPS) is 19.9.